The highest BCUT2D eigenvalue weighted by Crippen LogP contribution is 2.28. The highest BCUT2D eigenvalue weighted by molar-refractivity contribution is 6.32. The van der Waals surface area contributed by atoms with Crippen molar-refractivity contribution < 1.29 is 23.5 Å². The second kappa shape index (κ2) is 7.72. The van der Waals surface area contributed by atoms with E-state index in [0.717, 1.165) is 0 Å². The quantitative estimate of drug-likeness (QED) is 0.436. The van der Waals surface area contributed by atoms with E-state index >= 15 is 0 Å². The molecule has 1 aromatic carbocycles. The fraction of sp³-hybridized carbons (Fsp3) is 0.176. The van der Waals surface area contributed by atoms with E-state index in [-0.39, 0.29) is 29.2 Å². The first-order valence-corrected chi connectivity index (χ1v) is 8.15. The third kappa shape index (κ3) is 4.07. The molecule has 2 aromatic heterocycles. The third-order valence-electron chi connectivity index (χ3n) is 3.74. The number of benzene rings is 1. The molecule has 0 saturated heterocycles. The molecular formula is C17H17BF2N4O3. The molecule has 1 amide bonds. The van der Waals surface area contributed by atoms with Gasteiger partial charge in [0.05, 0.1) is 23.0 Å². The lowest BCUT2D eigenvalue weighted by atomic mass is 9.96. The molecule has 2 heterocycles. The van der Waals surface area contributed by atoms with Gasteiger partial charge in [-0.15, -0.1) is 0 Å². The topological polar surface area (TPSA) is 87.9 Å². The smallest absolute Gasteiger partial charge is 0.278 e. The van der Waals surface area contributed by atoms with E-state index in [2.05, 4.69) is 15.8 Å². The van der Waals surface area contributed by atoms with Gasteiger partial charge in [0.2, 0.25) is 0 Å². The lowest BCUT2D eigenvalue weighted by Gasteiger charge is -2.15. The average Bonchev–Trinajstić information content (AvgIpc) is 3.07. The number of nitrogens with one attached hydrogen (secondary N) is 2. The number of hydroxylamine groups is 1. The van der Waals surface area contributed by atoms with Crippen LogP contribution in [0.5, 0.6) is 0 Å². The number of hydrogen-bond donors (Lipinski definition) is 3. The van der Waals surface area contributed by atoms with Crippen molar-refractivity contribution in [3.8, 4) is 0 Å². The standard InChI is InChI=1S/C17H17BF2N4O3/c1-9(25)8-27-23-17(26)11-7-24-5-4-21-16(24)14(20)15(11)22-13-3-2-10(18)6-12(13)19/h2-7,9,22,25H,8,18H2,1H3,(H,23,26)/t9-/m1/s1. The zero-order chi connectivity index (χ0) is 19.6. The summed E-state index contributed by atoms with van der Waals surface area (Å²) in [5.41, 5.74) is 2.46. The van der Waals surface area contributed by atoms with E-state index in [1.165, 1.54) is 42.0 Å². The third-order valence-corrected chi connectivity index (χ3v) is 3.74. The lowest BCUT2D eigenvalue weighted by Crippen LogP contribution is -2.28. The van der Waals surface area contributed by atoms with Gasteiger partial charge in [0, 0.05) is 18.6 Å². The summed E-state index contributed by atoms with van der Waals surface area (Å²) in [4.78, 5) is 21.2. The Balaban J connectivity index is 2.00. The van der Waals surface area contributed by atoms with Crippen LogP contribution in [0.25, 0.3) is 5.65 Å². The molecule has 0 aliphatic rings. The summed E-state index contributed by atoms with van der Waals surface area (Å²) in [5, 5.41) is 11.8. The van der Waals surface area contributed by atoms with Crippen molar-refractivity contribution in [3.05, 3.63) is 54.0 Å². The molecule has 0 radical (unpaired) electrons. The fourth-order valence-electron chi connectivity index (χ4n) is 2.45. The van der Waals surface area contributed by atoms with Gasteiger partial charge >= 0.3 is 0 Å². The highest BCUT2D eigenvalue weighted by atomic mass is 19.1. The van der Waals surface area contributed by atoms with Crippen LogP contribution < -0.4 is 16.3 Å². The first-order valence-electron chi connectivity index (χ1n) is 8.15. The summed E-state index contributed by atoms with van der Waals surface area (Å²) in [7, 11) is 1.72. The molecule has 10 heteroatoms. The molecule has 27 heavy (non-hydrogen) atoms. The van der Waals surface area contributed by atoms with Gasteiger partial charge in [-0.25, -0.2) is 19.2 Å². The van der Waals surface area contributed by atoms with Crippen molar-refractivity contribution in [1.29, 1.82) is 0 Å². The summed E-state index contributed by atoms with van der Waals surface area (Å²) >= 11 is 0. The Morgan fingerprint density at radius 1 is 1.44 bits per heavy atom. The molecule has 0 aliphatic carbocycles. The van der Waals surface area contributed by atoms with Crippen LogP contribution in [0.2, 0.25) is 0 Å². The van der Waals surface area contributed by atoms with E-state index in [1.54, 1.807) is 13.9 Å². The Morgan fingerprint density at radius 2 is 2.22 bits per heavy atom. The van der Waals surface area contributed by atoms with Gasteiger partial charge in [0.1, 0.15) is 20.3 Å². The normalized spacial score (nSPS) is 12.1. The summed E-state index contributed by atoms with van der Waals surface area (Å²) in [6.45, 7) is 1.34. The van der Waals surface area contributed by atoms with E-state index in [0.29, 0.717) is 5.46 Å². The van der Waals surface area contributed by atoms with Gasteiger partial charge in [0.15, 0.2) is 11.5 Å². The van der Waals surface area contributed by atoms with Crippen LogP contribution in [0.1, 0.15) is 17.3 Å². The number of pyridine rings is 1. The predicted molar refractivity (Wildman–Crippen MR) is 98.1 cm³/mol. The lowest BCUT2D eigenvalue weighted by molar-refractivity contribution is -0.00686. The minimum atomic E-state index is -0.817. The summed E-state index contributed by atoms with van der Waals surface area (Å²) < 4.78 is 30.5. The number of halogens is 2. The molecule has 3 rings (SSSR count). The van der Waals surface area contributed by atoms with Crippen LogP contribution in [0.4, 0.5) is 20.2 Å². The monoisotopic (exact) mass is 374 g/mol. The maximum absolute atomic E-state index is 14.9. The number of anilines is 2. The highest BCUT2D eigenvalue weighted by Gasteiger charge is 2.21. The number of carbonyl (C=O) groups excluding carboxylic acids is 1. The molecule has 1 atom stereocenters. The number of carbonyl (C=O) groups is 1. The van der Waals surface area contributed by atoms with Crippen molar-refractivity contribution >= 4 is 36.2 Å². The number of fused-ring (bicyclic) bond motifs is 1. The van der Waals surface area contributed by atoms with Gasteiger partial charge in [-0.05, 0) is 19.1 Å². The molecule has 140 valence electrons. The van der Waals surface area contributed by atoms with Gasteiger partial charge in [-0.3, -0.25) is 9.63 Å². The van der Waals surface area contributed by atoms with Crippen LogP contribution in [-0.2, 0) is 4.84 Å². The van der Waals surface area contributed by atoms with Crippen molar-refractivity contribution in [2.75, 3.05) is 11.9 Å². The molecule has 7 nitrogen and oxygen atoms in total. The van der Waals surface area contributed by atoms with E-state index in [1.807, 2.05) is 0 Å². The maximum Gasteiger partial charge on any atom is 0.278 e. The number of rotatable bonds is 6. The van der Waals surface area contributed by atoms with Crippen molar-refractivity contribution in [2.24, 2.45) is 0 Å². The van der Waals surface area contributed by atoms with E-state index in [4.69, 9.17) is 4.84 Å². The van der Waals surface area contributed by atoms with Gasteiger partial charge in [0.25, 0.3) is 5.91 Å². The number of amides is 1. The number of nitrogens with zero attached hydrogens (tertiary/aromatic N) is 2. The molecule has 0 bridgehead atoms. The minimum absolute atomic E-state index is 0.00866. The number of hydrogen-bond acceptors (Lipinski definition) is 5. The summed E-state index contributed by atoms with van der Waals surface area (Å²) in [6.07, 6.45) is 3.40. The molecule has 3 aromatic rings. The van der Waals surface area contributed by atoms with Crippen molar-refractivity contribution in [1.82, 2.24) is 14.9 Å². The summed E-state index contributed by atoms with van der Waals surface area (Å²) in [6, 6.07) is 4.40. The average molecular weight is 374 g/mol. The molecule has 0 fully saturated rings. The molecule has 0 spiro atoms. The van der Waals surface area contributed by atoms with E-state index < -0.39 is 23.6 Å². The van der Waals surface area contributed by atoms with E-state index in [9.17, 15) is 18.7 Å². The number of aliphatic hydroxyl groups is 1. The molecular weight excluding hydrogens is 357 g/mol. The van der Waals surface area contributed by atoms with Crippen LogP contribution in [-0.4, -0.2) is 41.0 Å². The fourth-order valence-corrected chi connectivity index (χ4v) is 2.45. The Morgan fingerprint density at radius 3 is 2.93 bits per heavy atom. The second-order valence-corrected chi connectivity index (χ2v) is 6.09. The zero-order valence-corrected chi connectivity index (χ0v) is 14.7. The van der Waals surface area contributed by atoms with Crippen LogP contribution >= 0.6 is 0 Å². The first-order chi connectivity index (χ1) is 12.9. The number of aliphatic hydroxyl groups excluding tert-OH is 1. The first kappa shape index (κ1) is 18.8. The minimum Gasteiger partial charge on any atom is -0.391 e. The van der Waals surface area contributed by atoms with Gasteiger partial charge in [-0.2, -0.15) is 0 Å². The molecule has 0 saturated carbocycles. The number of aromatic nitrogens is 2. The molecule has 3 N–H and O–H groups in total. The molecule has 0 aliphatic heterocycles. The van der Waals surface area contributed by atoms with Crippen molar-refractivity contribution in [3.63, 3.8) is 0 Å². The van der Waals surface area contributed by atoms with Crippen LogP contribution in [0.15, 0.2) is 36.8 Å². The summed E-state index contributed by atoms with van der Waals surface area (Å²) in [5.74, 6) is -2.17. The van der Waals surface area contributed by atoms with Gasteiger partial charge < -0.3 is 14.8 Å². The second-order valence-electron chi connectivity index (χ2n) is 6.09. The Bertz CT molecular complexity index is 994. The van der Waals surface area contributed by atoms with Crippen LogP contribution in [0.3, 0.4) is 0 Å². The molecule has 0 unspecified atom stereocenters. The zero-order valence-electron chi connectivity index (χ0n) is 14.7. The predicted octanol–water partition coefficient (Wildman–Crippen LogP) is 0.657. The Hall–Kier alpha value is -2.98. The SMILES string of the molecule is Bc1ccc(Nc2c(C(=O)NOC[C@@H](C)O)cn3ccnc3c2F)c(F)c1. The van der Waals surface area contributed by atoms with Crippen molar-refractivity contribution in [2.45, 2.75) is 13.0 Å². The Labute approximate surface area is 154 Å². The Kier molecular flexibility index (Phi) is 5.38. The number of imidazole rings is 1. The van der Waals surface area contributed by atoms with Crippen LogP contribution in [0, 0.1) is 11.6 Å². The largest absolute Gasteiger partial charge is 0.391 e. The maximum atomic E-state index is 14.9. The van der Waals surface area contributed by atoms with Gasteiger partial charge in [-0.1, -0.05) is 11.5 Å².